The molecule has 8 heteroatoms. The van der Waals surface area contributed by atoms with Gasteiger partial charge in [0, 0.05) is 29.7 Å². The van der Waals surface area contributed by atoms with E-state index in [-0.39, 0.29) is 12.1 Å². The lowest BCUT2D eigenvalue weighted by Crippen LogP contribution is -2.42. The minimum absolute atomic E-state index is 0.154. The molecule has 0 aliphatic rings. The second-order valence-corrected chi connectivity index (χ2v) is 5.19. The summed E-state index contributed by atoms with van der Waals surface area (Å²) in [5.41, 5.74) is 0.451. The van der Waals surface area contributed by atoms with Crippen LogP contribution in [0.3, 0.4) is 0 Å². The molecular formula is C17H16N2O6. The number of nitrogens with zero attached hydrogens (tertiary/aromatic N) is 1. The van der Waals surface area contributed by atoms with E-state index in [1.807, 2.05) is 0 Å². The van der Waals surface area contributed by atoms with Gasteiger partial charge in [0.15, 0.2) is 0 Å². The van der Waals surface area contributed by atoms with Crippen LogP contribution in [0.5, 0.6) is 5.75 Å². The molecule has 0 radical (unpaired) electrons. The summed E-state index contributed by atoms with van der Waals surface area (Å²) in [6, 6.07) is 10.8. The number of carboxylic acid groups (broad SMARTS) is 1. The van der Waals surface area contributed by atoms with Crippen molar-refractivity contribution in [2.75, 3.05) is 7.11 Å². The number of hydrogen-bond donors (Lipinski definition) is 2. The first-order valence-corrected chi connectivity index (χ1v) is 7.32. The van der Waals surface area contributed by atoms with Gasteiger partial charge in [0.25, 0.3) is 11.6 Å². The molecule has 0 aliphatic heterocycles. The number of rotatable bonds is 7. The van der Waals surface area contributed by atoms with E-state index in [4.69, 9.17) is 4.74 Å². The van der Waals surface area contributed by atoms with Crippen LogP contribution in [0.25, 0.3) is 0 Å². The summed E-state index contributed by atoms with van der Waals surface area (Å²) in [4.78, 5) is 34.0. The molecule has 1 atom stereocenters. The zero-order valence-corrected chi connectivity index (χ0v) is 13.3. The van der Waals surface area contributed by atoms with Crippen LogP contribution >= 0.6 is 0 Å². The number of aliphatic carboxylic acids is 1. The van der Waals surface area contributed by atoms with Gasteiger partial charge >= 0.3 is 5.97 Å². The van der Waals surface area contributed by atoms with E-state index >= 15 is 0 Å². The fourth-order valence-corrected chi connectivity index (χ4v) is 2.29. The molecule has 0 aromatic heterocycles. The van der Waals surface area contributed by atoms with Gasteiger partial charge in [-0.25, -0.2) is 4.79 Å². The molecule has 0 spiro atoms. The summed E-state index contributed by atoms with van der Waals surface area (Å²) < 4.78 is 5.12. The summed E-state index contributed by atoms with van der Waals surface area (Å²) in [6.45, 7) is 0. The van der Waals surface area contributed by atoms with Crippen molar-refractivity contribution in [2.45, 2.75) is 12.5 Å². The highest BCUT2D eigenvalue weighted by atomic mass is 16.6. The minimum atomic E-state index is -1.26. The molecule has 2 N–H and O–H groups in total. The summed E-state index contributed by atoms with van der Waals surface area (Å²) in [5, 5.41) is 22.7. The normalized spacial score (nSPS) is 11.4. The number of ether oxygens (including phenoxy) is 1. The van der Waals surface area contributed by atoms with Crippen LogP contribution in [-0.4, -0.2) is 35.1 Å². The Hall–Kier alpha value is -3.42. The zero-order chi connectivity index (χ0) is 18.4. The maximum absolute atomic E-state index is 12.2. The highest BCUT2D eigenvalue weighted by Gasteiger charge is 2.24. The molecule has 0 aliphatic carbocycles. The highest BCUT2D eigenvalue weighted by Crippen LogP contribution is 2.25. The molecule has 2 aromatic rings. The van der Waals surface area contributed by atoms with Gasteiger partial charge in [-0.05, 0) is 18.2 Å². The average Bonchev–Trinajstić information content (AvgIpc) is 2.61. The molecule has 25 heavy (non-hydrogen) atoms. The van der Waals surface area contributed by atoms with Crippen molar-refractivity contribution in [2.24, 2.45) is 0 Å². The van der Waals surface area contributed by atoms with Gasteiger partial charge in [0.1, 0.15) is 11.8 Å². The van der Waals surface area contributed by atoms with Crippen LogP contribution in [0.2, 0.25) is 0 Å². The van der Waals surface area contributed by atoms with E-state index in [1.165, 1.54) is 25.3 Å². The molecule has 130 valence electrons. The Bertz CT molecular complexity index is 791. The Kier molecular flexibility index (Phi) is 5.67. The number of carbonyl (C=O) groups is 2. The lowest BCUT2D eigenvalue weighted by Gasteiger charge is -2.16. The first-order valence-electron chi connectivity index (χ1n) is 7.32. The zero-order valence-electron chi connectivity index (χ0n) is 13.3. The molecule has 2 aromatic carbocycles. The van der Waals surface area contributed by atoms with Gasteiger partial charge in [0.05, 0.1) is 12.0 Å². The van der Waals surface area contributed by atoms with Crippen LogP contribution in [0.4, 0.5) is 5.69 Å². The quantitative estimate of drug-likeness (QED) is 0.586. The number of nitro benzene ring substituents is 1. The fourth-order valence-electron chi connectivity index (χ4n) is 2.29. The van der Waals surface area contributed by atoms with Crippen molar-refractivity contribution in [3.63, 3.8) is 0 Å². The molecule has 0 saturated carbocycles. The number of non-ortho nitro benzene ring substituents is 1. The number of carbonyl (C=O) groups excluding carboxylic acids is 1. The lowest BCUT2D eigenvalue weighted by atomic mass is 10.0. The van der Waals surface area contributed by atoms with Crippen molar-refractivity contribution in [3.8, 4) is 5.75 Å². The predicted molar refractivity (Wildman–Crippen MR) is 88.7 cm³/mol. The number of carboxylic acids is 1. The van der Waals surface area contributed by atoms with E-state index < -0.39 is 22.8 Å². The van der Waals surface area contributed by atoms with Crippen molar-refractivity contribution >= 4 is 17.6 Å². The van der Waals surface area contributed by atoms with Crippen molar-refractivity contribution < 1.29 is 24.4 Å². The SMILES string of the molecule is COc1ccc([N+](=O)[O-])cc1C[C@@H](NC(=O)c1ccccc1)C(=O)O. The minimum Gasteiger partial charge on any atom is -0.496 e. The van der Waals surface area contributed by atoms with Crippen molar-refractivity contribution in [3.05, 3.63) is 69.8 Å². The monoisotopic (exact) mass is 344 g/mol. The summed E-state index contributed by atoms with van der Waals surface area (Å²) in [6.07, 6.45) is -0.154. The molecule has 1 amide bonds. The third-order valence-corrected chi connectivity index (χ3v) is 3.54. The molecule has 0 fully saturated rings. The van der Waals surface area contributed by atoms with Gasteiger partial charge in [-0.15, -0.1) is 0 Å². The van der Waals surface area contributed by atoms with Gasteiger partial charge in [-0.2, -0.15) is 0 Å². The Labute approximate surface area is 143 Å². The molecule has 0 unspecified atom stereocenters. The van der Waals surface area contributed by atoms with E-state index in [0.717, 1.165) is 0 Å². The molecular weight excluding hydrogens is 328 g/mol. The van der Waals surface area contributed by atoms with Gasteiger partial charge < -0.3 is 15.2 Å². The number of amides is 1. The Morgan fingerprint density at radius 2 is 1.92 bits per heavy atom. The van der Waals surface area contributed by atoms with Gasteiger partial charge in [0.2, 0.25) is 0 Å². The molecule has 0 bridgehead atoms. The number of nitrogens with one attached hydrogen (secondary N) is 1. The van der Waals surface area contributed by atoms with E-state index in [0.29, 0.717) is 16.9 Å². The van der Waals surface area contributed by atoms with Crippen LogP contribution in [0, 0.1) is 10.1 Å². The third-order valence-electron chi connectivity index (χ3n) is 3.54. The predicted octanol–water partition coefficient (Wildman–Crippen LogP) is 2.03. The van der Waals surface area contributed by atoms with E-state index in [9.17, 15) is 24.8 Å². The van der Waals surface area contributed by atoms with E-state index in [2.05, 4.69) is 5.32 Å². The molecule has 0 saturated heterocycles. The second kappa shape index (κ2) is 7.91. The topological polar surface area (TPSA) is 119 Å². The lowest BCUT2D eigenvalue weighted by molar-refractivity contribution is -0.384. The largest absolute Gasteiger partial charge is 0.496 e. The summed E-state index contributed by atoms with van der Waals surface area (Å²) >= 11 is 0. The Morgan fingerprint density at radius 1 is 1.24 bits per heavy atom. The van der Waals surface area contributed by atoms with Crippen LogP contribution < -0.4 is 10.1 Å². The van der Waals surface area contributed by atoms with Crippen molar-refractivity contribution in [1.82, 2.24) is 5.32 Å². The van der Waals surface area contributed by atoms with Crippen LogP contribution in [-0.2, 0) is 11.2 Å². The molecule has 8 nitrogen and oxygen atoms in total. The number of hydrogen-bond acceptors (Lipinski definition) is 5. The summed E-state index contributed by atoms with van der Waals surface area (Å²) in [5.74, 6) is -1.49. The van der Waals surface area contributed by atoms with Crippen LogP contribution in [0.1, 0.15) is 15.9 Å². The number of methoxy groups -OCH3 is 1. The first-order chi connectivity index (χ1) is 11.9. The number of benzene rings is 2. The summed E-state index contributed by atoms with van der Waals surface area (Å²) in [7, 11) is 1.38. The fraction of sp³-hybridized carbons (Fsp3) is 0.176. The smallest absolute Gasteiger partial charge is 0.326 e. The maximum atomic E-state index is 12.2. The molecule has 2 rings (SSSR count). The molecule has 0 heterocycles. The first kappa shape index (κ1) is 17.9. The Balaban J connectivity index is 2.24. The van der Waals surface area contributed by atoms with Crippen LogP contribution in [0.15, 0.2) is 48.5 Å². The number of nitro groups is 1. The van der Waals surface area contributed by atoms with Gasteiger partial charge in [-0.3, -0.25) is 14.9 Å². The van der Waals surface area contributed by atoms with Crippen molar-refractivity contribution in [1.29, 1.82) is 0 Å². The Morgan fingerprint density at radius 3 is 2.48 bits per heavy atom. The second-order valence-electron chi connectivity index (χ2n) is 5.19. The van der Waals surface area contributed by atoms with Gasteiger partial charge in [-0.1, -0.05) is 18.2 Å². The standard InChI is InChI=1S/C17H16N2O6/c1-25-15-8-7-13(19(23)24)9-12(15)10-14(17(21)22)18-16(20)11-5-3-2-4-6-11/h2-9,14H,10H2,1H3,(H,18,20)(H,21,22)/t14-/m1/s1. The average molecular weight is 344 g/mol. The third kappa shape index (κ3) is 4.54. The highest BCUT2D eigenvalue weighted by molar-refractivity contribution is 5.96. The van der Waals surface area contributed by atoms with E-state index in [1.54, 1.807) is 30.3 Å². The maximum Gasteiger partial charge on any atom is 0.326 e.